The summed E-state index contributed by atoms with van der Waals surface area (Å²) in [5, 5.41) is 7.01. The SMILES string of the molecule is Cc1ncsc1CCC(=O)OCCCC(=N)N. The lowest BCUT2D eigenvalue weighted by molar-refractivity contribution is -0.143. The van der Waals surface area contributed by atoms with E-state index in [0.29, 0.717) is 32.3 Å². The zero-order chi connectivity index (χ0) is 12.7. The van der Waals surface area contributed by atoms with Crippen LogP contribution in [0.4, 0.5) is 0 Å². The molecule has 0 bridgehead atoms. The van der Waals surface area contributed by atoms with Crippen LogP contribution in [0.15, 0.2) is 5.51 Å². The van der Waals surface area contributed by atoms with Gasteiger partial charge in [-0.2, -0.15) is 0 Å². The first-order valence-corrected chi connectivity index (χ1v) is 6.35. The van der Waals surface area contributed by atoms with Crippen LogP contribution in [-0.2, 0) is 16.0 Å². The molecule has 0 aliphatic rings. The fraction of sp³-hybridized carbons (Fsp3) is 0.545. The summed E-state index contributed by atoms with van der Waals surface area (Å²) in [4.78, 5) is 16.6. The number of thiazole rings is 1. The van der Waals surface area contributed by atoms with Crippen molar-refractivity contribution in [3.8, 4) is 0 Å². The maximum atomic E-state index is 11.4. The fourth-order valence-electron chi connectivity index (χ4n) is 1.30. The first-order valence-electron chi connectivity index (χ1n) is 5.47. The van der Waals surface area contributed by atoms with Crippen molar-refractivity contribution in [1.29, 1.82) is 5.41 Å². The highest BCUT2D eigenvalue weighted by atomic mass is 32.1. The molecule has 0 saturated heterocycles. The number of nitrogens with one attached hydrogen (secondary N) is 1. The van der Waals surface area contributed by atoms with E-state index in [4.69, 9.17) is 15.9 Å². The molecule has 0 fully saturated rings. The molecule has 0 aliphatic heterocycles. The Bertz CT molecular complexity index is 390. The number of hydrogen-bond acceptors (Lipinski definition) is 5. The fourth-order valence-corrected chi connectivity index (χ4v) is 2.08. The molecule has 0 radical (unpaired) electrons. The van der Waals surface area contributed by atoms with Gasteiger partial charge in [-0.25, -0.2) is 4.98 Å². The number of amidine groups is 1. The summed E-state index contributed by atoms with van der Waals surface area (Å²) in [6.07, 6.45) is 2.15. The van der Waals surface area contributed by atoms with Gasteiger partial charge in [0.2, 0.25) is 0 Å². The third-order valence-corrected chi connectivity index (χ3v) is 3.25. The lowest BCUT2D eigenvalue weighted by Crippen LogP contribution is -2.12. The van der Waals surface area contributed by atoms with Crippen LogP contribution in [0.3, 0.4) is 0 Å². The minimum Gasteiger partial charge on any atom is -0.466 e. The van der Waals surface area contributed by atoms with Gasteiger partial charge in [-0.05, 0) is 19.8 Å². The van der Waals surface area contributed by atoms with Crippen LogP contribution < -0.4 is 5.73 Å². The number of nitrogens with two attached hydrogens (primary N) is 1. The Labute approximate surface area is 105 Å². The minimum absolute atomic E-state index is 0.126. The molecule has 0 saturated carbocycles. The van der Waals surface area contributed by atoms with Gasteiger partial charge in [0, 0.05) is 11.3 Å². The Balaban J connectivity index is 2.13. The number of aryl methyl sites for hydroxylation is 2. The zero-order valence-electron chi connectivity index (χ0n) is 9.86. The topological polar surface area (TPSA) is 89.1 Å². The summed E-state index contributed by atoms with van der Waals surface area (Å²) in [6.45, 7) is 2.27. The van der Waals surface area contributed by atoms with Gasteiger partial charge in [-0.1, -0.05) is 0 Å². The van der Waals surface area contributed by atoms with Gasteiger partial charge in [0.25, 0.3) is 0 Å². The molecule has 94 valence electrons. The second-order valence-electron chi connectivity index (χ2n) is 3.71. The van der Waals surface area contributed by atoms with E-state index in [1.807, 2.05) is 6.92 Å². The first-order chi connectivity index (χ1) is 8.09. The average Bonchev–Trinajstić information content (AvgIpc) is 2.67. The van der Waals surface area contributed by atoms with Gasteiger partial charge in [0.05, 0.1) is 30.1 Å². The summed E-state index contributed by atoms with van der Waals surface area (Å²) in [5.74, 6) is -0.0808. The van der Waals surface area contributed by atoms with E-state index in [-0.39, 0.29) is 11.8 Å². The number of carbonyl (C=O) groups is 1. The van der Waals surface area contributed by atoms with Crippen molar-refractivity contribution in [1.82, 2.24) is 4.98 Å². The van der Waals surface area contributed by atoms with Crippen LogP contribution in [0, 0.1) is 12.3 Å². The molecule has 0 spiro atoms. The van der Waals surface area contributed by atoms with E-state index < -0.39 is 0 Å². The lowest BCUT2D eigenvalue weighted by atomic mass is 10.2. The number of nitrogens with zero attached hydrogens (tertiary/aromatic N) is 1. The van der Waals surface area contributed by atoms with Gasteiger partial charge in [0.1, 0.15) is 0 Å². The van der Waals surface area contributed by atoms with Crippen LogP contribution in [0.5, 0.6) is 0 Å². The largest absolute Gasteiger partial charge is 0.466 e. The van der Waals surface area contributed by atoms with Crippen LogP contribution in [0.1, 0.15) is 29.8 Å². The summed E-state index contributed by atoms with van der Waals surface area (Å²) >= 11 is 1.56. The van der Waals surface area contributed by atoms with Crippen molar-refractivity contribution >= 4 is 23.1 Å². The summed E-state index contributed by atoms with van der Waals surface area (Å²) in [6, 6.07) is 0. The van der Waals surface area contributed by atoms with Gasteiger partial charge in [0.15, 0.2) is 0 Å². The van der Waals surface area contributed by atoms with Crippen molar-refractivity contribution in [2.75, 3.05) is 6.61 Å². The smallest absolute Gasteiger partial charge is 0.306 e. The third kappa shape index (κ3) is 5.44. The number of ether oxygens (including phenoxy) is 1. The van der Waals surface area contributed by atoms with E-state index in [2.05, 4.69) is 4.98 Å². The molecule has 0 unspecified atom stereocenters. The summed E-state index contributed by atoms with van der Waals surface area (Å²) < 4.78 is 5.02. The molecule has 0 atom stereocenters. The number of rotatable bonds is 7. The number of esters is 1. The first kappa shape index (κ1) is 13.6. The number of hydrogen-bond donors (Lipinski definition) is 2. The third-order valence-electron chi connectivity index (χ3n) is 2.25. The normalized spacial score (nSPS) is 10.2. The zero-order valence-corrected chi connectivity index (χ0v) is 10.7. The maximum Gasteiger partial charge on any atom is 0.306 e. The average molecular weight is 255 g/mol. The van der Waals surface area contributed by atoms with E-state index in [1.165, 1.54) is 0 Å². The molecule has 0 aromatic carbocycles. The van der Waals surface area contributed by atoms with Crippen LogP contribution in [0.2, 0.25) is 0 Å². The predicted octanol–water partition coefficient (Wildman–Crippen LogP) is 1.64. The second-order valence-corrected chi connectivity index (χ2v) is 4.65. The van der Waals surface area contributed by atoms with Gasteiger partial charge in [-0.15, -0.1) is 11.3 Å². The Morgan fingerprint density at radius 3 is 2.94 bits per heavy atom. The molecule has 1 rings (SSSR count). The van der Waals surface area contributed by atoms with E-state index >= 15 is 0 Å². The molecule has 6 heteroatoms. The van der Waals surface area contributed by atoms with Gasteiger partial charge >= 0.3 is 5.97 Å². The Morgan fingerprint density at radius 2 is 2.35 bits per heavy atom. The molecule has 1 aromatic heterocycles. The van der Waals surface area contributed by atoms with Crippen molar-refractivity contribution < 1.29 is 9.53 Å². The standard InChI is InChI=1S/C11H17N3O2S/c1-8-9(17-7-14-8)4-5-11(15)16-6-2-3-10(12)13/h7H,2-6H2,1H3,(H3,12,13). The Morgan fingerprint density at radius 1 is 1.59 bits per heavy atom. The number of carbonyl (C=O) groups excluding carboxylic acids is 1. The Hall–Kier alpha value is -1.43. The quantitative estimate of drug-likeness (QED) is 0.335. The van der Waals surface area contributed by atoms with Gasteiger partial charge in [-0.3, -0.25) is 10.2 Å². The summed E-state index contributed by atoms with van der Waals surface area (Å²) in [7, 11) is 0. The molecule has 1 heterocycles. The van der Waals surface area contributed by atoms with Gasteiger partial charge < -0.3 is 10.5 Å². The lowest BCUT2D eigenvalue weighted by Gasteiger charge is -2.03. The predicted molar refractivity (Wildman–Crippen MR) is 67.3 cm³/mol. The molecular formula is C11H17N3O2S. The molecule has 0 amide bonds. The highest BCUT2D eigenvalue weighted by molar-refractivity contribution is 7.09. The summed E-state index contributed by atoms with van der Waals surface area (Å²) in [5.41, 5.74) is 7.95. The molecule has 3 N–H and O–H groups in total. The highest BCUT2D eigenvalue weighted by Crippen LogP contribution is 2.14. The molecular weight excluding hydrogens is 238 g/mol. The van der Waals surface area contributed by atoms with E-state index in [0.717, 1.165) is 10.6 Å². The second kappa shape index (κ2) is 7.01. The van der Waals surface area contributed by atoms with Crippen LogP contribution in [0.25, 0.3) is 0 Å². The Kier molecular flexibility index (Phi) is 5.62. The van der Waals surface area contributed by atoms with Crippen molar-refractivity contribution in [2.45, 2.75) is 32.6 Å². The monoisotopic (exact) mass is 255 g/mol. The van der Waals surface area contributed by atoms with Crippen LogP contribution >= 0.6 is 11.3 Å². The van der Waals surface area contributed by atoms with Crippen molar-refractivity contribution in [3.05, 3.63) is 16.1 Å². The molecule has 1 aromatic rings. The highest BCUT2D eigenvalue weighted by Gasteiger charge is 2.07. The van der Waals surface area contributed by atoms with Crippen LogP contribution in [-0.4, -0.2) is 23.4 Å². The van der Waals surface area contributed by atoms with Crippen molar-refractivity contribution in [2.24, 2.45) is 5.73 Å². The molecule has 0 aliphatic carbocycles. The maximum absolute atomic E-state index is 11.4. The number of aromatic nitrogens is 1. The van der Waals surface area contributed by atoms with E-state index in [1.54, 1.807) is 16.8 Å². The van der Waals surface area contributed by atoms with Crippen molar-refractivity contribution in [3.63, 3.8) is 0 Å². The molecule has 5 nitrogen and oxygen atoms in total. The van der Waals surface area contributed by atoms with E-state index in [9.17, 15) is 4.79 Å². The molecule has 17 heavy (non-hydrogen) atoms. The minimum atomic E-state index is -0.207.